The standard InChI is InChI=1S/C24H27N5O4/c30-23(25-18-6-2-1-3-7-18)14-28(13-17-10-11-21-22(12-17)33-16-32-21)24(31)15-29-20-9-5-4-8-19(20)26-27-29/h4-5,8-12,18H,1-3,6-7,13-16H2,(H,25,30). The third kappa shape index (κ3) is 4.92. The lowest BCUT2D eigenvalue weighted by atomic mass is 9.95. The van der Waals surface area contributed by atoms with Gasteiger partial charge in [0.1, 0.15) is 12.1 Å². The summed E-state index contributed by atoms with van der Waals surface area (Å²) in [5.74, 6) is 0.983. The quantitative estimate of drug-likeness (QED) is 0.595. The molecule has 0 radical (unpaired) electrons. The molecule has 1 aromatic heterocycles. The van der Waals surface area contributed by atoms with E-state index in [9.17, 15) is 9.59 Å². The van der Waals surface area contributed by atoms with Crippen LogP contribution in [0, 0.1) is 0 Å². The molecule has 0 saturated heterocycles. The molecule has 0 unspecified atom stereocenters. The number of hydrogen-bond donors (Lipinski definition) is 1. The largest absolute Gasteiger partial charge is 0.454 e. The zero-order chi connectivity index (χ0) is 22.6. The number of benzene rings is 2. The van der Waals surface area contributed by atoms with Gasteiger partial charge in [0.15, 0.2) is 11.5 Å². The van der Waals surface area contributed by atoms with E-state index in [1.165, 1.54) is 6.42 Å². The number of hydrogen-bond acceptors (Lipinski definition) is 6. The summed E-state index contributed by atoms with van der Waals surface area (Å²) in [4.78, 5) is 27.7. The molecular formula is C24H27N5O4. The summed E-state index contributed by atoms with van der Waals surface area (Å²) in [5, 5.41) is 11.4. The van der Waals surface area contributed by atoms with Crippen molar-refractivity contribution < 1.29 is 19.1 Å². The Morgan fingerprint density at radius 2 is 1.88 bits per heavy atom. The van der Waals surface area contributed by atoms with Gasteiger partial charge in [-0.2, -0.15) is 0 Å². The Bertz CT molecular complexity index is 1150. The molecule has 3 aromatic rings. The highest BCUT2D eigenvalue weighted by Gasteiger charge is 2.23. The summed E-state index contributed by atoms with van der Waals surface area (Å²) in [6, 6.07) is 13.2. The summed E-state index contributed by atoms with van der Waals surface area (Å²) in [5.41, 5.74) is 2.37. The minimum Gasteiger partial charge on any atom is -0.454 e. The van der Waals surface area contributed by atoms with E-state index in [1.54, 1.807) is 9.58 Å². The monoisotopic (exact) mass is 449 g/mol. The first-order chi connectivity index (χ1) is 16.2. The van der Waals surface area contributed by atoms with Gasteiger partial charge in [0.2, 0.25) is 18.6 Å². The average Bonchev–Trinajstić information content (AvgIpc) is 3.46. The third-order valence-corrected chi connectivity index (χ3v) is 6.17. The van der Waals surface area contributed by atoms with Crippen LogP contribution in [-0.2, 0) is 22.7 Å². The topological polar surface area (TPSA) is 98.6 Å². The number of carbonyl (C=O) groups is 2. The van der Waals surface area contributed by atoms with Gasteiger partial charge in [-0.1, -0.05) is 42.7 Å². The lowest BCUT2D eigenvalue weighted by Gasteiger charge is -2.26. The summed E-state index contributed by atoms with van der Waals surface area (Å²) in [7, 11) is 0. The highest BCUT2D eigenvalue weighted by molar-refractivity contribution is 5.85. The van der Waals surface area contributed by atoms with Crippen molar-refractivity contribution in [2.24, 2.45) is 0 Å². The highest BCUT2D eigenvalue weighted by Crippen LogP contribution is 2.32. The van der Waals surface area contributed by atoms with Crippen LogP contribution in [-0.4, -0.2) is 51.1 Å². The maximum atomic E-state index is 13.3. The summed E-state index contributed by atoms with van der Waals surface area (Å²) in [6.45, 7) is 0.447. The van der Waals surface area contributed by atoms with Crippen LogP contribution >= 0.6 is 0 Å². The second-order valence-electron chi connectivity index (χ2n) is 8.58. The molecule has 0 spiro atoms. The Labute approximate surface area is 191 Å². The predicted molar refractivity (Wildman–Crippen MR) is 121 cm³/mol. The Morgan fingerprint density at radius 3 is 2.76 bits per heavy atom. The minimum atomic E-state index is -0.206. The molecule has 0 atom stereocenters. The van der Waals surface area contributed by atoms with Crippen molar-refractivity contribution in [3.8, 4) is 11.5 Å². The Kier molecular flexibility index (Phi) is 6.10. The number of carbonyl (C=O) groups excluding carboxylic acids is 2. The Morgan fingerprint density at radius 1 is 1.06 bits per heavy atom. The molecule has 172 valence electrons. The normalized spacial score (nSPS) is 15.5. The van der Waals surface area contributed by atoms with Gasteiger partial charge < -0.3 is 19.7 Å². The predicted octanol–water partition coefficient (Wildman–Crippen LogP) is 2.64. The molecule has 1 fully saturated rings. The maximum Gasteiger partial charge on any atom is 0.245 e. The smallest absolute Gasteiger partial charge is 0.245 e. The fourth-order valence-corrected chi connectivity index (χ4v) is 4.45. The van der Waals surface area contributed by atoms with Crippen LogP contribution in [0.3, 0.4) is 0 Å². The lowest BCUT2D eigenvalue weighted by molar-refractivity contribution is -0.137. The van der Waals surface area contributed by atoms with Crippen LogP contribution in [0.2, 0.25) is 0 Å². The first-order valence-electron chi connectivity index (χ1n) is 11.4. The summed E-state index contributed by atoms with van der Waals surface area (Å²) < 4.78 is 12.4. The van der Waals surface area contributed by atoms with Crippen molar-refractivity contribution in [1.29, 1.82) is 0 Å². The van der Waals surface area contributed by atoms with Crippen molar-refractivity contribution in [2.45, 2.75) is 51.2 Å². The van der Waals surface area contributed by atoms with E-state index < -0.39 is 0 Å². The molecule has 2 aliphatic rings. The molecule has 2 aromatic carbocycles. The van der Waals surface area contributed by atoms with Crippen LogP contribution in [0.1, 0.15) is 37.7 Å². The fraction of sp³-hybridized carbons (Fsp3) is 0.417. The van der Waals surface area contributed by atoms with Crippen molar-refractivity contribution in [3.63, 3.8) is 0 Å². The molecule has 33 heavy (non-hydrogen) atoms. The number of aromatic nitrogens is 3. The van der Waals surface area contributed by atoms with Crippen molar-refractivity contribution in [3.05, 3.63) is 48.0 Å². The van der Waals surface area contributed by atoms with E-state index in [4.69, 9.17) is 9.47 Å². The van der Waals surface area contributed by atoms with Crippen molar-refractivity contribution in [2.75, 3.05) is 13.3 Å². The average molecular weight is 450 g/mol. The highest BCUT2D eigenvalue weighted by atomic mass is 16.7. The molecule has 1 N–H and O–H groups in total. The molecule has 9 heteroatoms. The zero-order valence-corrected chi connectivity index (χ0v) is 18.4. The number of para-hydroxylation sites is 1. The molecule has 1 aliphatic heterocycles. The Hall–Kier alpha value is -3.62. The summed E-state index contributed by atoms with van der Waals surface area (Å²) in [6.07, 6.45) is 5.46. The summed E-state index contributed by atoms with van der Waals surface area (Å²) >= 11 is 0. The van der Waals surface area contributed by atoms with E-state index in [0.29, 0.717) is 11.5 Å². The van der Waals surface area contributed by atoms with E-state index in [-0.39, 0.29) is 44.3 Å². The number of nitrogens with zero attached hydrogens (tertiary/aromatic N) is 4. The van der Waals surface area contributed by atoms with E-state index in [1.807, 2.05) is 42.5 Å². The molecule has 1 saturated carbocycles. The van der Waals surface area contributed by atoms with Crippen LogP contribution in [0.15, 0.2) is 42.5 Å². The molecule has 2 amide bonds. The van der Waals surface area contributed by atoms with Crippen LogP contribution < -0.4 is 14.8 Å². The first kappa shape index (κ1) is 21.2. The minimum absolute atomic E-state index is 0.00176. The number of ether oxygens (including phenoxy) is 2. The van der Waals surface area contributed by atoms with Gasteiger partial charge in [-0.15, -0.1) is 5.10 Å². The van der Waals surface area contributed by atoms with Crippen LogP contribution in [0.25, 0.3) is 11.0 Å². The van der Waals surface area contributed by atoms with Gasteiger partial charge in [0, 0.05) is 12.6 Å². The van der Waals surface area contributed by atoms with Gasteiger partial charge in [0.05, 0.1) is 12.1 Å². The third-order valence-electron chi connectivity index (χ3n) is 6.17. The van der Waals surface area contributed by atoms with Crippen LogP contribution in [0.5, 0.6) is 11.5 Å². The molecule has 2 heterocycles. The molecule has 0 bridgehead atoms. The van der Waals surface area contributed by atoms with Gasteiger partial charge in [-0.25, -0.2) is 4.68 Å². The van der Waals surface area contributed by atoms with Gasteiger partial charge >= 0.3 is 0 Å². The lowest BCUT2D eigenvalue weighted by Crippen LogP contribution is -2.45. The maximum absolute atomic E-state index is 13.3. The van der Waals surface area contributed by atoms with E-state index in [2.05, 4.69) is 15.6 Å². The number of amides is 2. The SMILES string of the molecule is O=C(CN(Cc1ccc2c(c1)OCO2)C(=O)Cn1nnc2ccccc21)NC1CCCCC1. The second-order valence-corrected chi connectivity index (χ2v) is 8.58. The van der Waals surface area contributed by atoms with Crippen LogP contribution in [0.4, 0.5) is 0 Å². The molecule has 5 rings (SSSR count). The Balaban J connectivity index is 1.32. The van der Waals surface area contributed by atoms with E-state index in [0.717, 1.165) is 42.3 Å². The number of fused-ring (bicyclic) bond motifs is 2. The van der Waals surface area contributed by atoms with Gasteiger partial charge in [0.25, 0.3) is 0 Å². The van der Waals surface area contributed by atoms with Gasteiger partial charge in [-0.05, 0) is 42.7 Å². The first-order valence-corrected chi connectivity index (χ1v) is 11.4. The fourth-order valence-electron chi connectivity index (χ4n) is 4.45. The molecular weight excluding hydrogens is 422 g/mol. The second kappa shape index (κ2) is 9.48. The number of nitrogens with one attached hydrogen (secondary N) is 1. The van der Waals surface area contributed by atoms with Gasteiger partial charge in [-0.3, -0.25) is 9.59 Å². The van der Waals surface area contributed by atoms with E-state index >= 15 is 0 Å². The molecule has 9 nitrogen and oxygen atoms in total. The van der Waals surface area contributed by atoms with Crippen molar-refractivity contribution >= 4 is 22.8 Å². The molecule has 1 aliphatic carbocycles. The van der Waals surface area contributed by atoms with Crippen molar-refractivity contribution in [1.82, 2.24) is 25.2 Å². The zero-order valence-electron chi connectivity index (χ0n) is 18.4. The number of rotatable bonds is 7.